The van der Waals surface area contributed by atoms with E-state index in [0.717, 1.165) is 95.7 Å². The molecule has 0 atom stereocenters. The average molecular weight is 1260 g/mol. The van der Waals surface area contributed by atoms with Crippen LogP contribution < -0.4 is 9.80 Å². The Hall–Kier alpha value is -8.50. The first kappa shape index (κ1) is 74.2. The van der Waals surface area contributed by atoms with E-state index < -0.39 is 22.5 Å². The highest BCUT2D eigenvalue weighted by molar-refractivity contribution is 6.02. The van der Waals surface area contributed by atoms with E-state index in [1.807, 2.05) is 116 Å². The summed E-state index contributed by atoms with van der Waals surface area (Å²) >= 11 is 0. The largest absolute Gasteiger partial charge is 0.469 e. The highest BCUT2D eigenvalue weighted by Gasteiger charge is 2.50. The van der Waals surface area contributed by atoms with Crippen LogP contribution in [0.5, 0.6) is 0 Å². The van der Waals surface area contributed by atoms with E-state index in [1.165, 1.54) is 34.0 Å². The SMILES string of the molecule is CCC(=O)N(c1ccccc1)C1(C#N)CCN(CCC#N)CC1.CCC(=O)N(c1ccccc1)C1(C(=O)OC)CCN(CCC(=O)OC)CC1.COC(=O)CCN1CCC(Cc2ccccc2)(C(=O)OC)CC1.N#CCCN1CCC(C#N)(Cc2ccccc2)CC1. The van der Waals surface area contributed by atoms with Crippen LogP contribution in [0.25, 0.3) is 0 Å². The van der Waals surface area contributed by atoms with E-state index in [4.69, 9.17) is 20.0 Å². The van der Waals surface area contributed by atoms with Crippen LogP contribution in [-0.4, -0.2) is 173 Å². The molecule has 2 amide bonds. The topological polar surface area (TPSA) is 254 Å². The second-order valence-electron chi connectivity index (χ2n) is 23.8. The average Bonchev–Trinajstić information content (AvgIpc) is 0.786. The van der Waals surface area contributed by atoms with Crippen molar-refractivity contribution in [2.75, 3.05) is 117 Å². The van der Waals surface area contributed by atoms with Gasteiger partial charge < -0.3 is 38.5 Å². The number of hydrogen-bond donors (Lipinski definition) is 0. The normalized spacial score (nSPS) is 17.2. The van der Waals surface area contributed by atoms with Crippen molar-refractivity contribution >= 4 is 47.1 Å². The number of amides is 2. The molecule has 0 bridgehead atoms. The number of carbonyl (C=O) groups excluding carboxylic acids is 6. The fraction of sp³-hybridized carbons (Fsp3) is 0.528. The molecule has 20 nitrogen and oxygen atoms in total. The van der Waals surface area contributed by atoms with Gasteiger partial charge in [0.1, 0.15) is 11.1 Å². The maximum absolute atomic E-state index is 12.8. The number of carbonyl (C=O) groups is 6. The van der Waals surface area contributed by atoms with Crippen LogP contribution in [0.2, 0.25) is 0 Å². The Labute approximate surface area is 545 Å². The molecule has 4 aliphatic rings. The van der Waals surface area contributed by atoms with Crippen LogP contribution in [0.1, 0.15) is 115 Å². The number of hydrogen-bond acceptors (Lipinski definition) is 18. The second-order valence-corrected chi connectivity index (χ2v) is 23.8. The molecule has 0 radical (unpaired) electrons. The predicted octanol–water partition coefficient (Wildman–Crippen LogP) is 9.50. The van der Waals surface area contributed by atoms with Gasteiger partial charge in [0.25, 0.3) is 0 Å². The summed E-state index contributed by atoms with van der Waals surface area (Å²) < 4.78 is 19.6. The summed E-state index contributed by atoms with van der Waals surface area (Å²) in [5, 5.41) is 36.7. The zero-order valence-electron chi connectivity index (χ0n) is 54.9. The summed E-state index contributed by atoms with van der Waals surface area (Å²) in [6, 6.07) is 48.3. The maximum Gasteiger partial charge on any atom is 0.332 e. The molecule has 4 fully saturated rings. The van der Waals surface area contributed by atoms with E-state index in [1.54, 1.807) is 16.7 Å². The molecule has 0 N–H and O–H groups in total. The molecule has 492 valence electrons. The molecule has 4 aromatic carbocycles. The van der Waals surface area contributed by atoms with Gasteiger partial charge in [-0.05, 0) is 126 Å². The molecule has 0 unspecified atom stereocenters. The molecule has 4 saturated heterocycles. The third kappa shape index (κ3) is 21.3. The smallest absolute Gasteiger partial charge is 0.332 e. The van der Waals surface area contributed by atoms with Gasteiger partial charge in [-0.15, -0.1) is 0 Å². The summed E-state index contributed by atoms with van der Waals surface area (Å²) in [6.07, 6.45) is 9.39. The van der Waals surface area contributed by atoms with Gasteiger partial charge in [-0.25, -0.2) is 4.79 Å². The van der Waals surface area contributed by atoms with E-state index in [2.05, 4.69) is 65.5 Å². The lowest BCUT2D eigenvalue weighted by Gasteiger charge is -2.46. The first-order valence-corrected chi connectivity index (χ1v) is 32.1. The zero-order valence-corrected chi connectivity index (χ0v) is 54.9. The molecular formula is C72H94N10O10. The van der Waals surface area contributed by atoms with Gasteiger partial charge in [-0.2, -0.15) is 21.0 Å². The van der Waals surface area contributed by atoms with Gasteiger partial charge in [0, 0.05) is 89.4 Å². The quantitative estimate of drug-likeness (QED) is 0.0524. The van der Waals surface area contributed by atoms with Gasteiger partial charge >= 0.3 is 23.9 Å². The van der Waals surface area contributed by atoms with Crippen LogP contribution in [0.15, 0.2) is 121 Å². The van der Waals surface area contributed by atoms with E-state index in [9.17, 15) is 39.3 Å². The van der Waals surface area contributed by atoms with Crippen molar-refractivity contribution in [1.82, 2.24) is 19.6 Å². The Bertz CT molecular complexity index is 3090. The summed E-state index contributed by atoms with van der Waals surface area (Å²) in [7, 11) is 5.58. The number of rotatable bonds is 22. The molecule has 4 aromatic rings. The van der Waals surface area contributed by atoms with Crippen molar-refractivity contribution in [2.45, 2.75) is 128 Å². The van der Waals surface area contributed by atoms with E-state index >= 15 is 0 Å². The van der Waals surface area contributed by atoms with Crippen LogP contribution >= 0.6 is 0 Å². The molecule has 0 aromatic heterocycles. The molecular weight excluding hydrogens is 1160 g/mol. The standard InChI is InChI=1S/C20H28N2O5.C18H22N4O.C18H25NO4.C16H19N3/c1-4-17(23)22(16-8-6-5-7-9-16)20(19(25)27-3)11-14-21(15-12-20)13-10-18(24)26-2;1-2-17(23)22(16-7-4-3-5-8-16)18(15-20)9-13-21(14-10-18)12-6-11-19;1-22-16(20)8-11-19-12-9-18(10-13-19,17(21)23-2)14-15-6-4-3-5-7-15;17-9-4-10-19-11-7-16(14-18,8-12-19)13-15-5-2-1-3-6-15/h5-9H,4,10-15H2,1-3H3;3-5,7-8H,2,6,9-10,12-14H2,1H3;3-7H,8-14H2,1-2H3;1-3,5-6H,4,7-8,10-13H2. The van der Waals surface area contributed by atoms with Crippen molar-refractivity contribution in [3.8, 4) is 24.3 Å². The second kappa shape index (κ2) is 38.4. The Morgan fingerprint density at radius 1 is 0.435 bits per heavy atom. The fourth-order valence-electron chi connectivity index (χ4n) is 12.6. The van der Waals surface area contributed by atoms with Gasteiger partial charge in [0.2, 0.25) is 11.8 Å². The molecule has 4 aliphatic heterocycles. The molecule has 0 spiro atoms. The minimum absolute atomic E-state index is 0.0248. The van der Waals surface area contributed by atoms with Crippen LogP contribution in [0, 0.1) is 56.2 Å². The highest BCUT2D eigenvalue weighted by Crippen LogP contribution is 2.39. The summed E-state index contributed by atoms with van der Waals surface area (Å²) in [5.74, 6) is -1.13. The Balaban J connectivity index is 0.000000224. The van der Waals surface area contributed by atoms with Crippen LogP contribution in [0.4, 0.5) is 11.4 Å². The monoisotopic (exact) mass is 1260 g/mol. The predicted molar refractivity (Wildman–Crippen MR) is 351 cm³/mol. The highest BCUT2D eigenvalue weighted by atomic mass is 16.5. The number of esters is 4. The lowest BCUT2D eigenvalue weighted by Crippen LogP contribution is -2.62. The van der Waals surface area contributed by atoms with Crippen molar-refractivity contribution in [3.05, 3.63) is 132 Å². The lowest BCUT2D eigenvalue weighted by atomic mass is 9.73. The van der Waals surface area contributed by atoms with Crippen molar-refractivity contribution < 1.29 is 47.7 Å². The minimum atomic E-state index is -1.04. The minimum Gasteiger partial charge on any atom is -0.469 e. The zero-order chi connectivity index (χ0) is 66.8. The molecule has 92 heavy (non-hydrogen) atoms. The van der Waals surface area contributed by atoms with Crippen LogP contribution in [0.3, 0.4) is 0 Å². The number of para-hydroxylation sites is 2. The number of nitrogens with zero attached hydrogens (tertiary/aromatic N) is 10. The Morgan fingerprint density at radius 3 is 1.20 bits per heavy atom. The number of benzene rings is 4. The van der Waals surface area contributed by atoms with Crippen molar-refractivity contribution in [1.29, 1.82) is 21.0 Å². The number of methoxy groups -OCH3 is 4. The molecule has 0 aliphatic carbocycles. The summed E-state index contributed by atoms with van der Waals surface area (Å²) in [5.41, 5.74) is 1.37. The van der Waals surface area contributed by atoms with E-state index in [-0.39, 0.29) is 35.1 Å². The van der Waals surface area contributed by atoms with Gasteiger partial charge in [-0.1, -0.05) is 111 Å². The summed E-state index contributed by atoms with van der Waals surface area (Å²) in [4.78, 5) is 85.3. The maximum atomic E-state index is 12.8. The third-order valence-corrected chi connectivity index (χ3v) is 18.2. The van der Waals surface area contributed by atoms with E-state index in [0.29, 0.717) is 102 Å². The van der Waals surface area contributed by atoms with Gasteiger partial charge in [0.15, 0.2) is 0 Å². The number of likely N-dealkylation sites (tertiary alicyclic amines) is 4. The number of ether oxygens (including phenoxy) is 4. The number of anilines is 2. The fourth-order valence-corrected chi connectivity index (χ4v) is 12.6. The number of nitriles is 4. The number of piperidine rings is 4. The first-order chi connectivity index (χ1) is 44.5. The molecule has 4 heterocycles. The molecule has 0 saturated carbocycles. The van der Waals surface area contributed by atoms with Crippen molar-refractivity contribution in [3.63, 3.8) is 0 Å². The Morgan fingerprint density at radius 2 is 0.804 bits per heavy atom. The summed E-state index contributed by atoms with van der Waals surface area (Å²) in [6.45, 7) is 12.5. The molecule has 20 heteroatoms. The van der Waals surface area contributed by atoms with Gasteiger partial charge in [-0.3, -0.25) is 33.8 Å². The van der Waals surface area contributed by atoms with Gasteiger partial charge in [0.05, 0.1) is 76.4 Å². The Kier molecular flexibility index (Phi) is 31.0. The van der Waals surface area contributed by atoms with Crippen LogP contribution in [-0.2, 0) is 60.6 Å². The lowest BCUT2D eigenvalue weighted by molar-refractivity contribution is -0.156. The third-order valence-electron chi connectivity index (χ3n) is 18.2. The van der Waals surface area contributed by atoms with Crippen molar-refractivity contribution in [2.24, 2.45) is 10.8 Å². The first-order valence-electron chi connectivity index (χ1n) is 32.1. The molecule has 8 rings (SSSR count).